The van der Waals surface area contributed by atoms with Crippen LogP contribution in [-0.2, 0) is 11.2 Å². The van der Waals surface area contributed by atoms with Crippen molar-refractivity contribution in [2.45, 2.75) is 45.1 Å². The molecule has 1 aromatic carbocycles. The lowest BCUT2D eigenvalue weighted by Gasteiger charge is -2.16. The number of aryl methyl sites for hydroxylation is 1. The van der Waals surface area contributed by atoms with Gasteiger partial charge in [0, 0.05) is 6.04 Å². The van der Waals surface area contributed by atoms with Gasteiger partial charge in [0.2, 0.25) is 5.91 Å². The van der Waals surface area contributed by atoms with Gasteiger partial charge < -0.3 is 5.32 Å². The number of amides is 1. The quantitative estimate of drug-likeness (QED) is 0.589. The van der Waals surface area contributed by atoms with Crippen molar-refractivity contribution in [1.29, 1.82) is 0 Å². The Morgan fingerprint density at radius 3 is 2.65 bits per heavy atom. The summed E-state index contributed by atoms with van der Waals surface area (Å²) < 4.78 is 0. The van der Waals surface area contributed by atoms with Gasteiger partial charge in [-0.3, -0.25) is 15.6 Å². The minimum atomic E-state index is -0.0881. The van der Waals surface area contributed by atoms with Crippen molar-refractivity contribution in [3.05, 3.63) is 35.4 Å². The molecule has 0 unspecified atom stereocenters. The molecule has 0 radical (unpaired) electrons. The van der Waals surface area contributed by atoms with Crippen LogP contribution in [0.15, 0.2) is 24.3 Å². The molecule has 0 aromatic heterocycles. The summed E-state index contributed by atoms with van der Waals surface area (Å²) in [5, 5.41) is 3.71. The Morgan fingerprint density at radius 2 is 1.95 bits per heavy atom. The molecule has 108 valence electrons. The Labute approximate surface area is 125 Å². The highest BCUT2D eigenvalue weighted by molar-refractivity contribution is 7.80. The summed E-state index contributed by atoms with van der Waals surface area (Å²) in [5.41, 5.74) is 7.56. The molecule has 1 aliphatic rings. The maximum Gasteiger partial charge on any atom is 0.242 e. The third kappa shape index (κ3) is 4.49. The largest absolute Gasteiger partial charge is 0.359 e. The zero-order valence-corrected chi connectivity index (χ0v) is 12.6. The molecule has 1 amide bonds. The fraction of sp³-hybridized carbons (Fsp3) is 0.467. The molecular formula is C15H21N3OS. The van der Waals surface area contributed by atoms with Gasteiger partial charge in [0.25, 0.3) is 0 Å². The van der Waals surface area contributed by atoms with Crippen LogP contribution in [0.25, 0.3) is 0 Å². The zero-order chi connectivity index (χ0) is 14.4. The van der Waals surface area contributed by atoms with E-state index in [1.165, 1.54) is 12.8 Å². The van der Waals surface area contributed by atoms with Crippen molar-refractivity contribution in [1.82, 2.24) is 16.2 Å². The first-order chi connectivity index (χ1) is 9.65. The van der Waals surface area contributed by atoms with E-state index in [0.29, 0.717) is 17.6 Å². The van der Waals surface area contributed by atoms with Crippen LogP contribution in [0.2, 0.25) is 0 Å². The SMILES string of the molecule is Cc1ccccc1CC(=O)NNC(=S)NC1CCCC1. The summed E-state index contributed by atoms with van der Waals surface area (Å²) in [5.74, 6) is -0.0881. The number of thiocarbonyl (C=S) groups is 1. The van der Waals surface area contributed by atoms with Crippen LogP contribution in [-0.4, -0.2) is 17.1 Å². The van der Waals surface area contributed by atoms with E-state index in [1.807, 2.05) is 31.2 Å². The number of nitrogens with one attached hydrogen (secondary N) is 3. The number of carbonyl (C=O) groups excluding carboxylic acids is 1. The molecular weight excluding hydrogens is 270 g/mol. The predicted molar refractivity (Wildman–Crippen MR) is 84.2 cm³/mol. The number of benzene rings is 1. The van der Waals surface area contributed by atoms with Crippen LogP contribution in [0.1, 0.15) is 36.8 Å². The highest BCUT2D eigenvalue weighted by Gasteiger charge is 2.15. The molecule has 5 heteroatoms. The molecule has 4 nitrogen and oxygen atoms in total. The number of hydrogen-bond donors (Lipinski definition) is 3. The molecule has 0 saturated heterocycles. The molecule has 1 aromatic rings. The van der Waals surface area contributed by atoms with E-state index in [9.17, 15) is 4.79 Å². The summed E-state index contributed by atoms with van der Waals surface area (Å²) in [7, 11) is 0. The van der Waals surface area contributed by atoms with Gasteiger partial charge in [-0.25, -0.2) is 0 Å². The maximum absolute atomic E-state index is 11.8. The number of hydrazine groups is 1. The second kappa shape index (κ2) is 7.24. The lowest BCUT2D eigenvalue weighted by molar-refractivity contribution is -0.121. The van der Waals surface area contributed by atoms with Crippen molar-refractivity contribution in [2.75, 3.05) is 0 Å². The topological polar surface area (TPSA) is 53.2 Å². The van der Waals surface area contributed by atoms with Gasteiger partial charge in [0.05, 0.1) is 6.42 Å². The molecule has 0 atom stereocenters. The minimum absolute atomic E-state index is 0.0881. The first kappa shape index (κ1) is 14.8. The number of rotatable bonds is 3. The van der Waals surface area contributed by atoms with Gasteiger partial charge in [-0.1, -0.05) is 37.1 Å². The normalized spacial score (nSPS) is 14.8. The second-order valence-electron chi connectivity index (χ2n) is 5.23. The van der Waals surface area contributed by atoms with E-state index in [0.717, 1.165) is 24.0 Å². The average molecular weight is 291 g/mol. The highest BCUT2D eigenvalue weighted by Crippen LogP contribution is 2.17. The fourth-order valence-electron chi connectivity index (χ4n) is 2.44. The lowest BCUT2D eigenvalue weighted by atomic mass is 10.1. The Balaban J connectivity index is 1.72. The number of hydrogen-bond acceptors (Lipinski definition) is 2. The summed E-state index contributed by atoms with van der Waals surface area (Å²) in [6, 6.07) is 8.32. The van der Waals surface area contributed by atoms with E-state index in [2.05, 4.69) is 16.2 Å². The Hall–Kier alpha value is -1.62. The van der Waals surface area contributed by atoms with Crippen molar-refractivity contribution < 1.29 is 4.79 Å². The maximum atomic E-state index is 11.8. The van der Waals surface area contributed by atoms with E-state index in [-0.39, 0.29) is 5.91 Å². The van der Waals surface area contributed by atoms with Gasteiger partial charge >= 0.3 is 0 Å². The Bertz CT molecular complexity index is 484. The summed E-state index contributed by atoms with van der Waals surface area (Å²) >= 11 is 5.16. The van der Waals surface area contributed by atoms with Crippen LogP contribution >= 0.6 is 12.2 Å². The van der Waals surface area contributed by atoms with Crippen LogP contribution in [0.3, 0.4) is 0 Å². The smallest absolute Gasteiger partial charge is 0.242 e. The summed E-state index contributed by atoms with van der Waals surface area (Å²) in [6.45, 7) is 2.00. The van der Waals surface area contributed by atoms with E-state index in [4.69, 9.17) is 12.2 Å². The Morgan fingerprint density at radius 1 is 1.25 bits per heavy atom. The van der Waals surface area contributed by atoms with E-state index in [1.54, 1.807) is 0 Å². The molecule has 0 bridgehead atoms. The molecule has 0 aliphatic heterocycles. The summed E-state index contributed by atoms with van der Waals surface area (Å²) in [6.07, 6.45) is 5.16. The van der Waals surface area contributed by atoms with Crippen molar-refractivity contribution >= 4 is 23.2 Å². The predicted octanol–water partition coefficient (Wildman–Crippen LogP) is 1.98. The van der Waals surface area contributed by atoms with E-state index >= 15 is 0 Å². The first-order valence-corrected chi connectivity index (χ1v) is 7.46. The monoisotopic (exact) mass is 291 g/mol. The van der Waals surface area contributed by atoms with Gasteiger partial charge in [-0.05, 0) is 43.1 Å². The molecule has 1 saturated carbocycles. The van der Waals surface area contributed by atoms with Crippen LogP contribution in [0.5, 0.6) is 0 Å². The lowest BCUT2D eigenvalue weighted by Crippen LogP contribution is -2.49. The van der Waals surface area contributed by atoms with Gasteiger partial charge in [-0.2, -0.15) is 0 Å². The summed E-state index contributed by atoms with van der Waals surface area (Å²) in [4.78, 5) is 11.8. The van der Waals surface area contributed by atoms with Gasteiger partial charge in [-0.15, -0.1) is 0 Å². The molecule has 0 heterocycles. The standard InChI is InChI=1S/C15H21N3OS/c1-11-6-2-3-7-12(11)10-14(19)17-18-15(20)16-13-8-4-5-9-13/h2-3,6-7,13H,4-5,8-10H2,1H3,(H,17,19)(H2,16,18,20). The molecule has 3 N–H and O–H groups in total. The average Bonchev–Trinajstić information content (AvgIpc) is 2.92. The zero-order valence-electron chi connectivity index (χ0n) is 11.7. The van der Waals surface area contributed by atoms with Crippen LogP contribution in [0.4, 0.5) is 0 Å². The molecule has 20 heavy (non-hydrogen) atoms. The third-order valence-electron chi connectivity index (χ3n) is 3.62. The molecule has 0 spiro atoms. The fourth-order valence-corrected chi connectivity index (χ4v) is 2.66. The van der Waals surface area contributed by atoms with Crippen LogP contribution in [0, 0.1) is 6.92 Å². The van der Waals surface area contributed by atoms with Gasteiger partial charge in [0.15, 0.2) is 5.11 Å². The highest BCUT2D eigenvalue weighted by atomic mass is 32.1. The third-order valence-corrected chi connectivity index (χ3v) is 3.84. The van der Waals surface area contributed by atoms with Crippen molar-refractivity contribution in [3.8, 4) is 0 Å². The van der Waals surface area contributed by atoms with E-state index < -0.39 is 0 Å². The van der Waals surface area contributed by atoms with Gasteiger partial charge in [0.1, 0.15) is 0 Å². The van der Waals surface area contributed by atoms with Crippen molar-refractivity contribution in [3.63, 3.8) is 0 Å². The number of carbonyl (C=O) groups is 1. The molecule has 2 rings (SSSR count). The Kier molecular flexibility index (Phi) is 5.35. The first-order valence-electron chi connectivity index (χ1n) is 7.05. The minimum Gasteiger partial charge on any atom is -0.359 e. The molecule has 1 fully saturated rings. The van der Waals surface area contributed by atoms with Crippen molar-refractivity contribution in [2.24, 2.45) is 0 Å². The second-order valence-corrected chi connectivity index (χ2v) is 5.64. The molecule has 1 aliphatic carbocycles. The van der Waals surface area contributed by atoms with Crippen LogP contribution < -0.4 is 16.2 Å².